The Balaban J connectivity index is 1.75. The second-order valence-electron chi connectivity index (χ2n) is 6.41. The minimum absolute atomic E-state index is 0.0260. The lowest BCUT2D eigenvalue weighted by molar-refractivity contribution is 0.186. The zero-order chi connectivity index (χ0) is 20.1. The van der Waals surface area contributed by atoms with Crippen molar-refractivity contribution in [2.45, 2.75) is 6.04 Å². The molecule has 3 N–H and O–H groups in total. The topological polar surface area (TPSA) is 114 Å². The maximum absolute atomic E-state index is 14.7. The van der Waals surface area contributed by atoms with Gasteiger partial charge in [0, 0.05) is 29.5 Å². The number of rotatable bonds is 2. The smallest absolute Gasteiger partial charge is 0.413 e. The summed E-state index contributed by atoms with van der Waals surface area (Å²) in [5, 5.41) is 19.6. The lowest BCUT2D eigenvalue weighted by Crippen LogP contribution is -2.15. The molecule has 0 saturated carbocycles. The first kappa shape index (κ1) is 17.0. The van der Waals surface area contributed by atoms with Crippen LogP contribution in [-0.2, 0) is 4.74 Å². The molecule has 0 aliphatic carbocycles. The summed E-state index contributed by atoms with van der Waals surface area (Å²) < 4.78 is 26.4. The van der Waals surface area contributed by atoms with Gasteiger partial charge in [-0.1, -0.05) is 6.07 Å². The Labute approximate surface area is 162 Å². The molecule has 146 valence electrons. The fourth-order valence-electron chi connectivity index (χ4n) is 3.47. The summed E-state index contributed by atoms with van der Waals surface area (Å²) in [6.07, 6.45) is 2.46. The summed E-state index contributed by atoms with van der Waals surface area (Å²) >= 11 is 0. The highest BCUT2D eigenvalue weighted by molar-refractivity contribution is 5.89. The van der Waals surface area contributed by atoms with Gasteiger partial charge >= 0.3 is 6.09 Å². The number of carbonyl (C=O) groups excluding carboxylic acids is 1. The maximum Gasteiger partial charge on any atom is 0.413 e. The zero-order valence-electron chi connectivity index (χ0n) is 15.0. The van der Waals surface area contributed by atoms with Crippen molar-refractivity contribution in [1.29, 1.82) is 0 Å². The molecule has 0 saturated heterocycles. The highest BCUT2D eigenvalue weighted by Gasteiger charge is 2.30. The predicted molar refractivity (Wildman–Crippen MR) is 100 cm³/mol. The minimum Gasteiger partial charge on any atom is -0.508 e. The summed E-state index contributed by atoms with van der Waals surface area (Å²) in [5.41, 5.74) is 2.68. The molecule has 10 heteroatoms. The average molecular weight is 395 g/mol. The molecule has 1 amide bonds. The molecular weight excluding hydrogens is 381 g/mol. The van der Waals surface area contributed by atoms with Crippen LogP contribution >= 0.6 is 0 Å². The lowest BCUT2D eigenvalue weighted by atomic mass is 9.99. The third-order valence-electron chi connectivity index (χ3n) is 4.73. The number of ether oxygens (including phenoxy) is 1. The van der Waals surface area contributed by atoms with Gasteiger partial charge < -0.3 is 19.6 Å². The van der Waals surface area contributed by atoms with E-state index in [9.17, 15) is 14.3 Å². The molecule has 0 bridgehead atoms. The van der Waals surface area contributed by atoms with Gasteiger partial charge in [0.2, 0.25) is 0 Å². The summed E-state index contributed by atoms with van der Waals surface area (Å²) in [7, 11) is 1.24. The monoisotopic (exact) mass is 395 g/mol. The van der Waals surface area contributed by atoms with Crippen molar-refractivity contribution < 1.29 is 23.4 Å². The van der Waals surface area contributed by atoms with Gasteiger partial charge in [-0.3, -0.25) is 5.32 Å². The molecule has 1 aliphatic heterocycles. The predicted octanol–water partition coefficient (Wildman–Crippen LogP) is 3.53. The fraction of sp³-hybridized carbons (Fsp3) is 0.105. The number of nitrogens with one attached hydrogen (secondary N) is 2. The van der Waals surface area contributed by atoms with Gasteiger partial charge in [0.25, 0.3) is 5.95 Å². The van der Waals surface area contributed by atoms with Gasteiger partial charge in [0.05, 0.1) is 25.1 Å². The third kappa shape index (κ3) is 2.64. The lowest BCUT2D eigenvalue weighted by Gasteiger charge is -2.18. The van der Waals surface area contributed by atoms with E-state index in [-0.39, 0.29) is 11.7 Å². The van der Waals surface area contributed by atoms with Crippen LogP contribution in [0, 0.1) is 5.82 Å². The number of nitrogens with zero attached hydrogens (tertiary/aromatic N) is 3. The van der Waals surface area contributed by atoms with Gasteiger partial charge in [-0.2, -0.15) is 0 Å². The van der Waals surface area contributed by atoms with Crippen LogP contribution < -0.4 is 10.6 Å². The van der Waals surface area contributed by atoms with E-state index >= 15 is 0 Å². The molecule has 0 radical (unpaired) electrons. The van der Waals surface area contributed by atoms with Crippen molar-refractivity contribution >= 4 is 23.2 Å². The van der Waals surface area contributed by atoms with E-state index in [0.29, 0.717) is 33.8 Å². The van der Waals surface area contributed by atoms with Crippen molar-refractivity contribution in [3.8, 4) is 17.2 Å². The Bertz CT molecular complexity index is 1260. The average Bonchev–Trinajstić information content (AvgIpc) is 3.30. The number of aromatic hydroxyl groups is 1. The Morgan fingerprint density at radius 1 is 1.34 bits per heavy atom. The van der Waals surface area contributed by atoms with E-state index in [1.54, 1.807) is 18.3 Å². The van der Waals surface area contributed by atoms with Gasteiger partial charge in [0.15, 0.2) is 5.76 Å². The van der Waals surface area contributed by atoms with E-state index in [0.717, 1.165) is 6.07 Å². The number of aromatic nitrogens is 3. The van der Waals surface area contributed by atoms with Crippen molar-refractivity contribution in [1.82, 2.24) is 14.6 Å². The van der Waals surface area contributed by atoms with E-state index in [2.05, 4.69) is 25.5 Å². The standard InChI is InChI=1S/C19H14FN5O4/c1-28-19(27)23-18-22-15-16-11(4-6-25(16)24-18)14(21-13-5-7-29-17(13)15)10-3-2-9(26)8-12(10)20/h2-8,14,21,26H,1H3,(H,23,24,27). The number of halogens is 1. The summed E-state index contributed by atoms with van der Waals surface area (Å²) in [6.45, 7) is 0. The first-order valence-electron chi connectivity index (χ1n) is 8.62. The molecule has 5 rings (SSSR count). The number of hydrogen-bond acceptors (Lipinski definition) is 7. The van der Waals surface area contributed by atoms with Gasteiger partial charge in [0.1, 0.15) is 22.8 Å². The number of furan rings is 1. The van der Waals surface area contributed by atoms with Gasteiger partial charge in [-0.25, -0.2) is 18.7 Å². The highest BCUT2D eigenvalue weighted by Crippen LogP contribution is 2.43. The number of anilines is 2. The van der Waals surface area contributed by atoms with E-state index < -0.39 is 18.0 Å². The second kappa shape index (κ2) is 6.23. The second-order valence-corrected chi connectivity index (χ2v) is 6.41. The fourth-order valence-corrected chi connectivity index (χ4v) is 3.47. The normalized spacial score (nSPS) is 14.8. The van der Waals surface area contributed by atoms with Crippen LogP contribution in [0.1, 0.15) is 17.2 Å². The van der Waals surface area contributed by atoms with E-state index in [1.165, 1.54) is 30.0 Å². The number of hydrogen-bond donors (Lipinski definition) is 3. The molecule has 0 fully saturated rings. The molecular formula is C19H14FN5O4. The van der Waals surface area contributed by atoms with Crippen LogP contribution in [0.15, 0.2) is 47.2 Å². The number of phenols is 1. The summed E-state index contributed by atoms with van der Waals surface area (Å²) in [4.78, 5) is 16.0. The van der Waals surface area contributed by atoms with Crippen molar-refractivity contribution in [3.63, 3.8) is 0 Å². The number of benzene rings is 1. The molecule has 9 nitrogen and oxygen atoms in total. The molecule has 1 unspecified atom stereocenters. The first-order chi connectivity index (χ1) is 14.0. The molecule has 0 spiro atoms. The van der Waals surface area contributed by atoms with Crippen LogP contribution in [0.25, 0.3) is 17.0 Å². The molecule has 4 heterocycles. The van der Waals surface area contributed by atoms with Crippen LogP contribution in [0.5, 0.6) is 5.75 Å². The molecule has 1 atom stereocenters. The van der Waals surface area contributed by atoms with E-state index in [4.69, 9.17) is 4.42 Å². The van der Waals surface area contributed by atoms with Crippen LogP contribution in [0.4, 0.5) is 20.8 Å². The largest absolute Gasteiger partial charge is 0.508 e. The zero-order valence-corrected chi connectivity index (χ0v) is 15.0. The van der Waals surface area contributed by atoms with Crippen molar-refractivity contribution in [2.75, 3.05) is 17.7 Å². The number of carbonyl (C=O) groups is 1. The van der Waals surface area contributed by atoms with Crippen LogP contribution in [-0.4, -0.2) is 32.9 Å². The molecule has 1 aromatic carbocycles. The maximum atomic E-state index is 14.7. The SMILES string of the molecule is COC(=O)Nc1nc2c3c(ccn3n1)C(c1ccc(O)cc1F)Nc1ccoc1-2. The van der Waals surface area contributed by atoms with Crippen molar-refractivity contribution in [3.05, 3.63) is 59.7 Å². The Hall–Kier alpha value is -4.08. The quantitative estimate of drug-likeness (QED) is 0.476. The van der Waals surface area contributed by atoms with Crippen molar-refractivity contribution in [2.24, 2.45) is 0 Å². The summed E-state index contributed by atoms with van der Waals surface area (Å²) in [6, 6.07) is 6.91. The first-order valence-corrected chi connectivity index (χ1v) is 8.62. The number of phenolic OH excluding ortho intramolecular Hbond substituents is 1. The highest BCUT2D eigenvalue weighted by atomic mass is 19.1. The minimum atomic E-state index is -0.709. The molecule has 3 aromatic heterocycles. The van der Waals surface area contributed by atoms with Crippen LogP contribution in [0.2, 0.25) is 0 Å². The Kier molecular flexibility index (Phi) is 3.66. The molecule has 4 aromatic rings. The summed E-state index contributed by atoms with van der Waals surface area (Å²) in [5.74, 6) is -0.265. The van der Waals surface area contributed by atoms with Gasteiger partial charge in [-0.15, -0.1) is 5.10 Å². The Morgan fingerprint density at radius 3 is 3.00 bits per heavy atom. The number of amides is 1. The Morgan fingerprint density at radius 2 is 2.21 bits per heavy atom. The van der Waals surface area contributed by atoms with E-state index in [1.807, 2.05) is 0 Å². The van der Waals surface area contributed by atoms with Crippen LogP contribution in [0.3, 0.4) is 0 Å². The third-order valence-corrected chi connectivity index (χ3v) is 4.73. The number of fused-ring (bicyclic) bond motifs is 2. The number of methoxy groups -OCH3 is 1. The molecule has 29 heavy (non-hydrogen) atoms. The molecule has 1 aliphatic rings. The van der Waals surface area contributed by atoms with Gasteiger partial charge in [-0.05, 0) is 12.1 Å².